The van der Waals surface area contributed by atoms with Gasteiger partial charge in [-0.05, 0) is 68.8 Å². The van der Waals surface area contributed by atoms with Gasteiger partial charge in [0.05, 0.1) is 12.3 Å². The van der Waals surface area contributed by atoms with Crippen molar-refractivity contribution in [1.29, 1.82) is 5.41 Å². The van der Waals surface area contributed by atoms with Crippen molar-refractivity contribution in [2.75, 3.05) is 11.9 Å². The van der Waals surface area contributed by atoms with Crippen LogP contribution in [0.2, 0.25) is 0 Å². The number of aryl methyl sites for hydroxylation is 2. The second-order valence-corrected chi connectivity index (χ2v) is 7.17. The van der Waals surface area contributed by atoms with E-state index in [0.717, 1.165) is 10.6 Å². The summed E-state index contributed by atoms with van der Waals surface area (Å²) in [4.78, 5) is 5.62. The van der Waals surface area contributed by atoms with E-state index < -0.39 is 0 Å². The van der Waals surface area contributed by atoms with Crippen molar-refractivity contribution in [3.05, 3.63) is 70.3 Å². The van der Waals surface area contributed by atoms with E-state index in [1.807, 2.05) is 38.1 Å². The predicted molar refractivity (Wildman–Crippen MR) is 108 cm³/mol. The lowest BCUT2D eigenvalue weighted by molar-refractivity contribution is 0.340. The third kappa shape index (κ3) is 4.62. The number of aromatic nitrogens is 1. The Kier molecular flexibility index (Phi) is 5.71. The zero-order valence-electron chi connectivity index (χ0n) is 15.4. The molecule has 0 spiro atoms. The minimum atomic E-state index is -0.293. The zero-order chi connectivity index (χ0) is 19.4. The Morgan fingerprint density at radius 3 is 2.52 bits per heavy atom. The van der Waals surface area contributed by atoms with Gasteiger partial charge in [-0.3, -0.25) is 5.41 Å². The molecule has 140 valence electrons. The highest BCUT2D eigenvalue weighted by Gasteiger charge is 2.09. The van der Waals surface area contributed by atoms with Crippen LogP contribution in [0.3, 0.4) is 0 Å². The van der Waals surface area contributed by atoms with Crippen molar-refractivity contribution in [3.8, 4) is 5.75 Å². The monoisotopic (exact) mass is 384 g/mol. The van der Waals surface area contributed by atoms with Crippen molar-refractivity contribution < 1.29 is 9.13 Å². The number of ether oxygens (including phenoxy) is 1. The van der Waals surface area contributed by atoms with E-state index in [1.54, 1.807) is 29.1 Å². The average Bonchev–Trinajstić information content (AvgIpc) is 2.98. The van der Waals surface area contributed by atoms with Gasteiger partial charge >= 0.3 is 0 Å². The summed E-state index contributed by atoms with van der Waals surface area (Å²) < 4.78 is 21.0. The van der Waals surface area contributed by atoms with Crippen LogP contribution in [0, 0.1) is 25.1 Å². The van der Waals surface area contributed by atoms with Crippen LogP contribution >= 0.6 is 11.5 Å². The van der Waals surface area contributed by atoms with Gasteiger partial charge in [0.2, 0.25) is 5.96 Å². The van der Waals surface area contributed by atoms with Gasteiger partial charge in [0.1, 0.15) is 17.1 Å². The first-order valence-electron chi connectivity index (χ1n) is 8.56. The SMILES string of the molecule is CCOc1ccc(N=C(Nc2ccc(C)c(F)c2)n2sc(C)cc2=N)cc1. The Balaban J connectivity index is 2.00. The Morgan fingerprint density at radius 1 is 1.19 bits per heavy atom. The second kappa shape index (κ2) is 8.18. The molecule has 2 aromatic carbocycles. The molecule has 1 heterocycles. The molecule has 3 aromatic rings. The molecule has 27 heavy (non-hydrogen) atoms. The van der Waals surface area contributed by atoms with E-state index in [9.17, 15) is 4.39 Å². The normalized spacial score (nSPS) is 11.5. The Labute approximate surface area is 161 Å². The van der Waals surface area contributed by atoms with Crippen LogP contribution < -0.4 is 15.5 Å². The van der Waals surface area contributed by atoms with E-state index in [1.165, 1.54) is 17.6 Å². The maximum absolute atomic E-state index is 13.9. The van der Waals surface area contributed by atoms with Crippen LogP contribution in [0.15, 0.2) is 53.5 Å². The lowest BCUT2D eigenvalue weighted by Gasteiger charge is -2.11. The summed E-state index contributed by atoms with van der Waals surface area (Å²) in [5.74, 6) is 0.914. The Morgan fingerprint density at radius 2 is 1.93 bits per heavy atom. The number of hydrogen-bond acceptors (Lipinski definition) is 4. The van der Waals surface area contributed by atoms with Crippen molar-refractivity contribution in [2.24, 2.45) is 4.99 Å². The molecule has 0 bridgehead atoms. The topological polar surface area (TPSA) is 62.4 Å². The molecule has 0 aliphatic carbocycles. The smallest absolute Gasteiger partial charge is 0.223 e. The molecule has 0 saturated heterocycles. The minimum Gasteiger partial charge on any atom is -0.494 e. The van der Waals surface area contributed by atoms with Crippen molar-refractivity contribution in [3.63, 3.8) is 0 Å². The number of halogens is 1. The van der Waals surface area contributed by atoms with E-state index in [2.05, 4.69) is 10.3 Å². The molecule has 3 rings (SSSR count). The predicted octanol–water partition coefficient (Wildman–Crippen LogP) is 4.83. The first-order chi connectivity index (χ1) is 13.0. The standard InChI is InChI=1S/C20H21FN4OS/c1-4-26-17-9-7-15(8-10-17)23-20(25-19(22)11-14(3)27-25)24-16-6-5-13(2)18(21)12-16/h5-12,22H,4H2,1-3H3,(H,23,24). The average molecular weight is 384 g/mol. The molecule has 7 heteroatoms. The lowest BCUT2D eigenvalue weighted by Crippen LogP contribution is -2.28. The van der Waals surface area contributed by atoms with Crippen LogP contribution in [0.1, 0.15) is 17.4 Å². The van der Waals surface area contributed by atoms with Gasteiger partial charge in [0.25, 0.3) is 0 Å². The lowest BCUT2D eigenvalue weighted by atomic mass is 10.2. The van der Waals surface area contributed by atoms with Gasteiger partial charge in [-0.15, -0.1) is 0 Å². The summed E-state index contributed by atoms with van der Waals surface area (Å²) in [7, 11) is 0. The highest BCUT2D eigenvalue weighted by atomic mass is 32.1. The van der Waals surface area contributed by atoms with Gasteiger partial charge in [0.15, 0.2) is 0 Å². The molecule has 0 amide bonds. The van der Waals surface area contributed by atoms with E-state index in [4.69, 9.17) is 10.1 Å². The third-order valence-corrected chi connectivity index (χ3v) is 4.76. The van der Waals surface area contributed by atoms with Crippen LogP contribution in [0.4, 0.5) is 15.8 Å². The zero-order valence-corrected chi connectivity index (χ0v) is 16.2. The molecule has 0 radical (unpaired) electrons. The van der Waals surface area contributed by atoms with Crippen molar-refractivity contribution in [1.82, 2.24) is 3.96 Å². The highest BCUT2D eigenvalue weighted by Crippen LogP contribution is 2.20. The van der Waals surface area contributed by atoms with Crippen LogP contribution in [-0.4, -0.2) is 16.5 Å². The van der Waals surface area contributed by atoms with Crippen molar-refractivity contribution >= 4 is 28.9 Å². The van der Waals surface area contributed by atoms with E-state index in [-0.39, 0.29) is 5.82 Å². The molecule has 0 atom stereocenters. The van der Waals surface area contributed by atoms with Crippen LogP contribution in [-0.2, 0) is 0 Å². The summed E-state index contributed by atoms with van der Waals surface area (Å²) in [6, 6.07) is 14.0. The molecule has 5 nitrogen and oxygen atoms in total. The minimum absolute atomic E-state index is 0.293. The summed E-state index contributed by atoms with van der Waals surface area (Å²) in [5.41, 5.74) is 2.15. The molecular weight excluding hydrogens is 363 g/mol. The first-order valence-corrected chi connectivity index (χ1v) is 9.33. The van der Waals surface area contributed by atoms with Gasteiger partial charge in [-0.2, -0.15) is 0 Å². The number of nitrogens with one attached hydrogen (secondary N) is 2. The molecule has 0 unspecified atom stereocenters. The molecule has 2 N–H and O–H groups in total. The maximum Gasteiger partial charge on any atom is 0.223 e. The quantitative estimate of drug-likeness (QED) is 0.500. The summed E-state index contributed by atoms with van der Waals surface area (Å²) >= 11 is 1.40. The number of anilines is 1. The van der Waals surface area contributed by atoms with Crippen molar-refractivity contribution in [2.45, 2.75) is 20.8 Å². The number of aliphatic imine (C=N–C) groups is 1. The van der Waals surface area contributed by atoms with Gasteiger partial charge in [-0.25, -0.2) is 13.3 Å². The number of benzene rings is 2. The second-order valence-electron chi connectivity index (χ2n) is 5.98. The van der Waals surface area contributed by atoms with Crippen LogP contribution in [0.5, 0.6) is 5.75 Å². The number of rotatable bonds is 4. The number of nitrogens with zero attached hydrogens (tertiary/aromatic N) is 2. The van der Waals surface area contributed by atoms with Gasteiger partial charge in [0, 0.05) is 10.6 Å². The van der Waals surface area contributed by atoms with Gasteiger partial charge in [-0.1, -0.05) is 17.6 Å². The molecule has 0 saturated carbocycles. The summed E-state index contributed by atoms with van der Waals surface area (Å²) in [6.07, 6.45) is 0. The molecular formula is C20H21FN4OS. The molecule has 0 aliphatic heterocycles. The number of hydrogen-bond donors (Lipinski definition) is 2. The van der Waals surface area contributed by atoms with Crippen LogP contribution in [0.25, 0.3) is 0 Å². The third-order valence-electron chi connectivity index (χ3n) is 3.80. The Bertz CT molecular complexity index is 1020. The summed E-state index contributed by atoms with van der Waals surface area (Å²) in [6.45, 7) is 6.17. The molecule has 0 aliphatic rings. The highest BCUT2D eigenvalue weighted by molar-refractivity contribution is 7.07. The van der Waals surface area contributed by atoms with Gasteiger partial charge < -0.3 is 10.1 Å². The Hall–Kier alpha value is -2.93. The van der Waals surface area contributed by atoms with E-state index in [0.29, 0.717) is 35.0 Å². The van der Waals surface area contributed by atoms with E-state index >= 15 is 0 Å². The fourth-order valence-electron chi connectivity index (χ4n) is 2.46. The largest absolute Gasteiger partial charge is 0.494 e. The fourth-order valence-corrected chi connectivity index (χ4v) is 3.23. The molecule has 0 fully saturated rings. The molecule has 1 aromatic heterocycles. The fraction of sp³-hybridized carbons (Fsp3) is 0.200. The first kappa shape index (κ1) is 18.8. The summed E-state index contributed by atoms with van der Waals surface area (Å²) in [5, 5.41) is 11.3. The maximum atomic E-state index is 13.9.